The van der Waals surface area contributed by atoms with E-state index in [2.05, 4.69) is 15.6 Å². The van der Waals surface area contributed by atoms with Crippen LogP contribution < -0.4 is 10.6 Å². The molecule has 0 unspecified atom stereocenters. The number of nitrogens with one attached hydrogen (secondary N) is 2. The summed E-state index contributed by atoms with van der Waals surface area (Å²) < 4.78 is 13.4. The van der Waals surface area contributed by atoms with E-state index in [0.29, 0.717) is 6.54 Å². The molecule has 2 N–H and O–H groups in total. The van der Waals surface area contributed by atoms with Gasteiger partial charge >= 0.3 is 0 Å². The van der Waals surface area contributed by atoms with Gasteiger partial charge in [-0.15, -0.1) is 11.3 Å². The van der Waals surface area contributed by atoms with E-state index in [-0.39, 0.29) is 11.6 Å². The zero-order valence-corrected chi connectivity index (χ0v) is 11.5. The summed E-state index contributed by atoms with van der Waals surface area (Å²) in [5, 5.41) is 6.63. The van der Waals surface area contributed by atoms with E-state index in [1.165, 1.54) is 13.0 Å². The predicted molar refractivity (Wildman–Crippen MR) is 74.9 cm³/mol. The summed E-state index contributed by atoms with van der Waals surface area (Å²) in [6.07, 6.45) is 1.81. The fourth-order valence-electron chi connectivity index (χ4n) is 1.60. The van der Waals surface area contributed by atoms with Gasteiger partial charge in [0.15, 0.2) is 0 Å². The van der Waals surface area contributed by atoms with E-state index in [9.17, 15) is 9.18 Å². The second-order valence-corrected chi connectivity index (χ2v) is 5.39. The van der Waals surface area contributed by atoms with E-state index in [1.54, 1.807) is 23.5 Å². The smallest absolute Gasteiger partial charge is 0.221 e. The molecule has 1 aromatic carbocycles. The van der Waals surface area contributed by atoms with Gasteiger partial charge in [-0.1, -0.05) is 0 Å². The molecule has 0 saturated heterocycles. The molecule has 0 spiro atoms. The first-order chi connectivity index (χ1) is 9.04. The van der Waals surface area contributed by atoms with Crippen LogP contribution in [0.5, 0.6) is 0 Å². The summed E-state index contributed by atoms with van der Waals surface area (Å²) in [7, 11) is 0. The number of thiazole rings is 1. The van der Waals surface area contributed by atoms with Crippen LogP contribution in [0.4, 0.5) is 15.8 Å². The standard InChI is InChI=1S/C13H14FN3OS/c1-8(18)17-13-5-10(3-4-12(13)14)16-7-11-6-15-9(2)19-11/h3-6,16H,7H2,1-2H3,(H,17,18). The van der Waals surface area contributed by atoms with Gasteiger partial charge < -0.3 is 10.6 Å². The Hall–Kier alpha value is -1.95. The summed E-state index contributed by atoms with van der Waals surface area (Å²) >= 11 is 1.61. The molecule has 0 aliphatic carbocycles. The molecule has 4 nitrogen and oxygen atoms in total. The minimum atomic E-state index is -0.450. The molecule has 0 bridgehead atoms. The molecular weight excluding hydrogens is 265 g/mol. The van der Waals surface area contributed by atoms with Gasteiger partial charge in [0.1, 0.15) is 5.82 Å². The zero-order valence-electron chi connectivity index (χ0n) is 10.7. The molecule has 1 amide bonds. The third-order valence-electron chi connectivity index (χ3n) is 2.41. The highest BCUT2D eigenvalue weighted by Gasteiger charge is 2.05. The van der Waals surface area contributed by atoms with Crippen LogP contribution >= 0.6 is 11.3 Å². The van der Waals surface area contributed by atoms with Crippen LogP contribution in [0.1, 0.15) is 16.8 Å². The van der Waals surface area contributed by atoms with Gasteiger partial charge in [-0.25, -0.2) is 9.37 Å². The zero-order chi connectivity index (χ0) is 13.8. The maximum absolute atomic E-state index is 13.4. The lowest BCUT2D eigenvalue weighted by Crippen LogP contribution is -2.08. The second kappa shape index (κ2) is 5.79. The number of benzene rings is 1. The van der Waals surface area contributed by atoms with Crippen molar-refractivity contribution in [2.24, 2.45) is 0 Å². The number of carbonyl (C=O) groups excluding carboxylic acids is 1. The highest BCUT2D eigenvalue weighted by molar-refractivity contribution is 7.11. The summed E-state index contributed by atoms with van der Waals surface area (Å²) in [6.45, 7) is 3.91. The first kappa shape index (κ1) is 13.5. The molecule has 100 valence electrons. The number of aryl methyl sites for hydroxylation is 1. The molecule has 1 heterocycles. The highest BCUT2D eigenvalue weighted by atomic mass is 32.1. The number of amides is 1. The molecule has 1 aromatic heterocycles. The first-order valence-electron chi connectivity index (χ1n) is 5.77. The van der Waals surface area contributed by atoms with E-state index < -0.39 is 5.82 Å². The third-order valence-corrected chi connectivity index (χ3v) is 3.33. The summed E-state index contributed by atoms with van der Waals surface area (Å²) in [4.78, 5) is 16.2. The SMILES string of the molecule is CC(=O)Nc1cc(NCc2cnc(C)s2)ccc1F. The van der Waals surface area contributed by atoms with Crippen molar-refractivity contribution in [3.05, 3.63) is 40.1 Å². The first-order valence-corrected chi connectivity index (χ1v) is 6.58. The lowest BCUT2D eigenvalue weighted by Gasteiger charge is -2.08. The van der Waals surface area contributed by atoms with Crippen LogP contribution in [0.15, 0.2) is 24.4 Å². The molecule has 0 saturated carbocycles. The van der Waals surface area contributed by atoms with Crippen LogP contribution in [0.3, 0.4) is 0 Å². The summed E-state index contributed by atoms with van der Waals surface area (Å²) in [5.74, 6) is -0.747. The van der Waals surface area contributed by atoms with Crippen molar-refractivity contribution in [1.82, 2.24) is 4.98 Å². The van der Waals surface area contributed by atoms with E-state index in [0.717, 1.165) is 15.6 Å². The molecular formula is C13H14FN3OS. The Morgan fingerprint density at radius 1 is 1.47 bits per heavy atom. The minimum absolute atomic E-state index is 0.179. The van der Waals surface area contributed by atoms with Crippen LogP contribution in [-0.2, 0) is 11.3 Å². The van der Waals surface area contributed by atoms with Crippen molar-refractivity contribution in [2.45, 2.75) is 20.4 Å². The maximum Gasteiger partial charge on any atom is 0.221 e. The Bertz CT molecular complexity index is 597. The fourth-order valence-corrected chi connectivity index (χ4v) is 2.33. The molecule has 0 aliphatic rings. The van der Waals surface area contributed by atoms with Crippen LogP contribution in [0.25, 0.3) is 0 Å². The Labute approximate surface area is 114 Å². The predicted octanol–water partition coefficient (Wildman–Crippen LogP) is 3.16. The molecule has 0 aliphatic heterocycles. The molecule has 0 radical (unpaired) electrons. The van der Waals surface area contributed by atoms with Gasteiger partial charge in [-0.2, -0.15) is 0 Å². The monoisotopic (exact) mass is 279 g/mol. The molecule has 6 heteroatoms. The van der Waals surface area contributed by atoms with Crippen molar-refractivity contribution < 1.29 is 9.18 Å². The quantitative estimate of drug-likeness (QED) is 0.904. The average molecular weight is 279 g/mol. The van der Waals surface area contributed by atoms with Gasteiger partial charge in [-0.05, 0) is 25.1 Å². The Morgan fingerprint density at radius 3 is 2.89 bits per heavy atom. The number of anilines is 2. The lowest BCUT2D eigenvalue weighted by atomic mass is 10.2. The minimum Gasteiger partial charge on any atom is -0.380 e. The van der Waals surface area contributed by atoms with Crippen LogP contribution in [0.2, 0.25) is 0 Å². The lowest BCUT2D eigenvalue weighted by molar-refractivity contribution is -0.114. The fraction of sp³-hybridized carbons (Fsp3) is 0.231. The van der Waals surface area contributed by atoms with Crippen molar-refractivity contribution >= 4 is 28.6 Å². The van der Waals surface area contributed by atoms with E-state index in [4.69, 9.17) is 0 Å². The molecule has 2 aromatic rings. The van der Waals surface area contributed by atoms with Crippen molar-refractivity contribution in [3.63, 3.8) is 0 Å². The molecule has 2 rings (SSSR count). The maximum atomic E-state index is 13.4. The van der Waals surface area contributed by atoms with E-state index in [1.807, 2.05) is 13.1 Å². The average Bonchev–Trinajstić information content (AvgIpc) is 2.75. The van der Waals surface area contributed by atoms with Gasteiger partial charge in [0.2, 0.25) is 5.91 Å². The van der Waals surface area contributed by atoms with Crippen molar-refractivity contribution in [2.75, 3.05) is 10.6 Å². The Kier molecular flexibility index (Phi) is 4.11. The van der Waals surface area contributed by atoms with Crippen LogP contribution in [-0.4, -0.2) is 10.9 Å². The van der Waals surface area contributed by atoms with Crippen LogP contribution in [0, 0.1) is 12.7 Å². The Morgan fingerprint density at radius 2 is 2.26 bits per heavy atom. The van der Waals surface area contributed by atoms with Gasteiger partial charge in [-0.3, -0.25) is 4.79 Å². The summed E-state index contributed by atoms with van der Waals surface area (Å²) in [5.41, 5.74) is 0.925. The number of aromatic nitrogens is 1. The van der Waals surface area contributed by atoms with Gasteiger partial charge in [0.05, 0.1) is 17.2 Å². The van der Waals surface area contributed by atoms with Crippen molar-refractivity contribution in [3.8, 4) is 0 Å². The summed E-state index contributed by atoms with van der Waals surface area (Å²) in [6, 6.07) is 4.53. The highest BCUT2D eigenvalue weighted by Crippen LogP contribution is 2.21. The van der Waals surface area contributed by atoms with Gasteiger partial charge in [0, 0.05) is 23.7 Å². The molecule has 0 atom stereocenters. The van der Waals surface area contributed by atoms with Gasteiger partial charge in [0.25, 0.3) is 0 Å². The number of nitrogens with zero attached hydrogens (tertiary/aromatic N) is 1. The number of halogens is 1. The topological polar surface area (TPSA) is 54.0 Å². The Balaban J connectivity index is 2.06. The number of carbonyl (C=O) groups is 1. The van der Waals surface area contributed by atoms with Crippen molar-refractivity contribution in [1.29, 1.82) is 0 Å². The number of hydrogen-bond donors (Lipinski definition) is 2. The molecule has 0 fully saturated rings. The third kappa shape index (κ3) is 3.75. The second-order valence-electron chi connectivity index (χ2n) is 4.07. The largest absolute Gasteiger partial charge is 0.380 e. The number of hydrogen-bond acceptors (Lipinski definition) is 4. The molecule has 19 heavy (non-hydrogen) atoms. The van der Waals surface area contributed by atoms with E-state index >= 15 is 0 Å². The normalized spacial score (nSPS) is 10.3. The number of rotatable bonds is 4.